The Balaban J connectivity index is 2.54. The van der Waals surface area contributed by atoms with E-state index >= 15 is 0 Å². The first-order valence-electron chi connectivity index (χ1n) is 6.99. The second kappa shape index (κ2) is 7.86. The molecule has 1 atom stereocenters. The minimum atomic E-state index is 0.483. The highest BCUT2D eigenvalue weighted by Gasteiger charge is 2.03. The smallest absolute Gasteiger partial charge is 0.0360 e. The highest BCUT2D eigenvalue weighted by Crippen LogP contribution is 2.17. The zero-order valence-electron chi connectivity index (χ0n) is 11.9. The standard InChI is InChI=1S/C17H25N/c1-5-7-8-14(3)15(4)18-13-17-11-9-16(6-2)10-12-17/h9-14H,4-8H2,1-3H3/t14-/m0/s1. The van der Waals surface area contributed by atoms with Gasteiger partial charge in [0.1, 0.15) is 0 Å². The molecule has 0 aliphatic heterocycles. The summed E-state index contributed by atoms with van der Waals surface area (Å²) in [6, 6.07) is 8.55. The summed E-state index contributed by atoms with van der Waals surface area (Å²) in [6.07, 6.45) is 6.67. The van der Waals surface area contributed by atoms with E-state index in [0.29, 0.717) is 5.92 Å². The van der Waals surface area contributed by atoms with Gasteiger partial charge in [-0.25, -0.2) is 0 Å². The molecule has 1 nitrogen and oxygen atoms in total. The third-order valence-corrected chi connectivity index (χ3v) is 3.33. The van der Waals surface area contributed by atoms with Gasteiger partial charge in [-0.2, -0.15) is 0 Å². The summed E-state index contributed by atoms with van der Waals surface area (Å²) in [5, 5.41) is 0. The van der Waals surface area contributed by atoms with Crippen LogP contribution < -0.4 is 0 Å². The maximum Gasteiger partial charge on any atom is 0.0360 e. The summed E-state index contributed by atoms with van der Waals surface area (Å²) >= 11 is 0. The zero-order chi connectivity index (χ0) is 13.4. The molecule has 0 radical (unpaired) electrons. The minimum absolute atomic E-state index is 0.483. The number of benzene rings is 1. The van der Waals surface area contributed by atoms with Gasteiger partial charge in [0.25, 0.3) is 0 Å². The van der Waals surface area contributed by atoms with Gasteiger partial charge in [-0.15, -0.1) is 0 Å². The molecule has 0 aliphatic carbocycles. The van der Waals surface area contributed by atoms with Gasteiger partial charge in [0.2, 0.25) is 0 Å². The van der Waals surface area contributed by atoms with Gasteiger partial charge in [-0.1, -0.05) is 64.5 Å². The fourth-order valence-corrected chi connectivity index (χ4v) is 1.80. The van der Waals surface area contributed by atoms with E-state index in [9.17, 15) is 0 Å². The average molecular weight is 243 g/mol. The van der Waals surface area contributed by atoms with Crippen molar-refractivity contribution in [2.45, 2.75) is 46.5 Å². The molecular formula is C17H25N. The van der Waals surface area contributed by atoms with Crippen LogP contribution >= 0.6 is 0 Å². The lowest BCUT2D eigenvalue weighted by Gasteiger charge is -2.09. The normalized spacial score (nSPS) is 12.8. The molecule has 0 saturated heterocycles. The van der Waals surface area contributed by atoms with Gasteiger partial charge in [-0.3, -0.25) is 4.99 Å². The lowest BCUT2D eigenvalue weighted by molar-refractivity contribution is 0.570. The van der Waals surface area contributed by atoms with E-state index in [1.807, 2.05) is 6.21 Å². The number of hydrogen-bond donors (Lipinski definition) is 0. The molecule has 0 fully saturated rings. The maximum atomic E-state index is 4.48. The van der Waals surface area contributed by atoms with E-state index in [0.717, 1.165) is 17.7 Å². The topological polar surface area (TPSA) is 12.4 Å². The van der Waals surface area contributed by atoms with E-state index in [4.69, 9.17) is 0 Å². The summed E-state index contributed by atoms with van der Waals surface area (Å²) in [4.78, 5) is 4.48. The van der Waals surface area contributed by atoms with E-state index in [1.54, 1.807) is 0 Å². The Hall–Kier alpha value is -1.37. The molecule has 0 aliphatic rings. The molecule has 0 N–H and O–H groups in total. The van der Waals surface area contributed by atoms with Crippen molar-refractivity contribution in [3.05, 3.63) is 47.7 Å². The molecule has 0 bridgehead atoms. The SMILES string of the molecule is C=C(N=Cc1ccc(CC)cc1)[C@@H](C)CCCC. The molecule has 0 aromatic heterocycles. The van der Waals surface area contributed by atoms with Crippen LogP contribution in [-0.2, 0) is 6.42 Å². The third-order valence-electron chi connectivity index (χ3n) is 3.33. The number of unbranched alkanes of at least 4 members (excludes halogenated alkanes) is 1. The summed E-state index contributed by atoms with van der Waals surface area (Å²) < 4.78 is 0. The van der Waals surface area contributed by atoms with Gasteiger partial charge in [0.15, 0.2) is 0 Å². The van der Waals surface area contributed by atoms with Crippen molar-refractivity contribution in [3.8, 4) is 0 Å². The van der Waals surface area contributed by atoms with Gasteiger partial charge in [0.05, 0.1) is 0 Å². The Bertz CT molecular complexity index is 387. The van der Waals surface area contributed by atoms with Crippen LogP contribution in [-0.4, -0.2) is 6.21 Å². The molecule has 1 aromatic carbocycles. The first-order chi connectivity index (χ1) is 8.67. The van der Waals surface area contributed by atoms with Gasteiger partial charge < -0.3 is 0 Å². The maximum absolute atomic E-state index is 4.48. The van der Waals surface area contributed by atoms with Gasteiger partial charge in [0, 0.05) is 11.9 Å². The second-order valence-corrected chi connectivity index (χ2v) is 4.89. The Morgan fingerprint density at radius 2 is 1.94 bits per heavy atom. The monoisotopic (exact) mass is 243 g/mol. The van der Waals surface area contributed by atoms with Crippen LogP contribution in [0.5, 0.6) is 0 Å². The lowest BCUT2D eigenvalue weighted by atomic mass is 10.0. The minimum Gasteiger partial charge on any atom is -0.261 e. The molecule has 0 heterocycles. The van der Waals surface area contributed by atoms with Crippen molar-refractivity contribution in [2.24, 2.45) is 10.9 Å². The Labute approximate surface area is 112 Å². The largest absolute Gasteiger partial charge is 0.261 e. The van der Waals surface area contributed by atoms with Gasteiger partial charge >= 0.3 is 0 Å². The number of hydrogen-bond acceptors (Lipinski definition) is 1. The van der Waals surface area contributed by atoms with Crippen molar-refractivity contribution in [1.29, 1.82) is 0 Å². The van der Waals surface area contributed by atoms with E-state index in [1.165, 1.54) is 24.8 Å². The molecule has 1 rings (SSSR count). The first-order valence-corrected chi connectivity index (χ1v) is 6.99. The van der Waals surface area contributed by atoms with E-state index < -0.39 is 0 Å². The number of rotatable bonds is 7. The van der Waals surface area contributed by atoms with Crippen LogP contribution in [0.1, 0.15) is 51.2 Å². The third kappa shape index (κ3) is 4.87. The summed E-state index contributed by atoms with van der Waals surface area (Å²) in [5.41, 5.74) is 3.50. The zero-order valence-corrected chi connectivity index (χ0v) is 11.9. The number of allylic oxidation sites excluding steroid dienone is 1. The van der Waals surface area contributed by atoms with E-state index in [-0.39, 0.29) is 0 Å². The van der Waals surface area contributed by atoms with Crippen molar-refractivity contribution in [2.75, 3.05) is 0 Å². The molecule has 1 aromatic rings. The summed E-state index contributed by atoms with van der Waals surface area (Å²) in [6.45, 7) is 10.6. The fourth-order valence-electron chi connectivity index (χ4n) is 1.80. The Kier molecular flexibility index (Phi) is 6.42. The predicted octanol–water partition coefficient (Wildman–Crippen LogP) is 5.01. The number of aliphatic imine (C=N–C) groups is 1. The lowest BCUT2D eigenvalue weighted by Crippen LogP contribution is -1.96. The van der Waals surface area contributed by atoms with Crippen LogP contribution in [0.15, 0.2) is 41.5 Å². The molecule has 0 amide bonds. The highest BCUT2D eigenvalue weighted by atomic mass is 14.7. The molecule has 0 unspecified atom stereocenters. The number of aryl methyl sites for hydroxylation is 1. The first kappa shape index (κ1) is 14.7. The molecule has 18 heavy (non-hydrogen) atoms. The van der Waals surface area contributed by atoms with Crippen LogP contribution in [0.3, 0.4) is 0 Å². The summed E-state index contributed by atoms with van der Waals surface area (Å²) in [7, 11) is 0. The van der Waals surface area contributed by atoms with Crippen molar-refractivity contribution in [3.63, 3.8) is 0 Å². The van der Waals surface area contributed by atoms with Crippen molar-refractivity contribution >= 4 is 6.21 Å². The van der Waals surface area contributed by atoms with Gasteiger partial charge in [-0.05, 0) is 29.9 Å². The van der Waals surface area contributed by atoms with Crippen LogP contribution in [0.4, 0.5) is 0 Å². The van der Waals surface area contributed by atoms with Crippen molar-refractivity contribution < 1.29 is 0 Å². The van der Waals surface area contributed by atoms with Crippen LogP contribution in [0, 0.1) is 5.92 Å². The molecule has 0 spiro atoms. The van der Waals surface area contributed by atoms with E-state index in [2.05, 4.69) is 56.6 Å². The molecular weight excluding hydrogens is 218 g/mol. The molecule has 0 saturated carbocycles. The second-order valence-electron chi connectivity index (χ2n) is 4.89. The molecule has 98 valence electrons. The van der Waals surface area contributed by atoms with Crippen LogP contribution in [0.2, 0.25) is 0 Å². The average Bonchev–Trinajstić information content (AvgIpc) is 2.42. The fraction of sp³-hybridized carbons (Fsp3) is 0.471. The Morgan fingerprint density at radius 3 is 2.50 bits per heavy atom. The quantitative estimate of drug-likeness (QED) is 0.597. The number of nitrogens with zero attached hydrogens (tertiary/aromatic N) is 1. The van der Waals surface area contributed by atoms with Crippen LogP contribution in [0.25, 0.3) is 0 Å². The molecule has 1 heteroatoms. The summed E-state index contributed by atoms with van der Waals surface area (Å²) in [5.74, 6) is 0.483. The van der Waals surface area contributed by atoms with Crippen molar-refractivity contribution in [1.82, 2.24) is 0 Å². The highest BCUT2D eigenvalue weighted by molar-refractivity contribution is 5.80. The predicted molar refractivity (Wildman–Crippen MR) is 81.2 cm³/mol. The Morgan fingerprint density at radius 1 is 1.28 bits per heavy atom.